The van der Waals surface area contributed by atoms with Crippen LogP contribution in [-0.4, -0.2) is 9.97 Å². The van der Waals surface area contributed by atoms with Crippen molar-refractivity contribution in [2.24, 2.45) is 0 Å². The van der Waals surface area contributed by atoms with Gasteiger partial charge in [-0.25, -0.2) is 9.37 Å². The van der Waals surface area contributed by atoms with Crippen LogP contribution in [0.4, 0.5) is 4.39 Å². The average molecular weight is 197 g/mol. The van der Waals surface area contributed by atoms with E-state index in [0.717, 1.165) is 5.56 Å². The quantitative estimate of drug-likeness (QED) is 0.747. The van der Waals surface area contributed by atoms with Crippen LogP contribution < -0.4 is 0 Å². The minimum absolute atomic E-state index is 0.105. The van der Waals surface area contributed by atoms with E-state index in [1.165, 1.54) is 12.1 Å². The first-order chi connectivity index (χ1) is 6.27. The summed E-state index contributed by atoms with van der Waals surface area (Å²) in [5.41, 5.74) is 0.774. The number of imidazole rings is 1. The highest BCUT2D eigenvalue weighted by atomic mass is 35.5. The van der Waals surface area contributed by atoms with Gasteiger partial charge in [0.15, 0.2) is 0 Å². The number of H-pyrrole nitrogens is 1. The molecule has 0 bridgehead atoms. The highest BCUT2D eigenvalue weighted by molar-refractivity contribution is 6.31. The number of nitrogens with one attached hydrogen (secondary N) is 1. The first-order valence-corrected chi connectivity index (χ1v) is 4.10. The van der Waals surface area contributed by atoms with Gasteiger partial charge < -0.3 is 4.98 Å². The number of aromatic amines is 1. The van der Waals surface area contributed by atoms with Gasteiger partial charge in [-0.3, -0.25) is 0 Å². The van der Waals surface area contributed by atoms with E-state index >= 15 is 0 Å². The molecule has 4 heteroatoms. The predicted octanol–water partition coefficient (Wildman–Crippen LogP) is 2.87. The lowest BCUT2D eigenvalue weighted by Gasteiger charge is -1.98. The first kappa shape index (κ1) is 8.26. The molecule has 0 spiro atoms. The van der Waals surface area contributed by atoms with Crippen molar-refractivity contribution < 1.29 is 4.39 Å². The summed E-state index contributed by atoms with van der Waals surface area (Å²) in [6, 6.07) is 4.48. The van der Waals surface area contributed by atoms with E-state index < -0.39 is 5.82 Å². The summed E-state index contributed by atoms with van der Waals surface area (Å²) in [5.74, 6) is 0.263. The molecule has 1 N–H and O–H groups in total. The van der Waals surface area contributed by atoms with Crippen molar-refractivity contribution >= 4 is 11.6 Å². The van der Waals surface area contributed by atoms with Crippen molar-refractivity contribution in [2.75, 3.05) is 0 Å². The Morgan fingerprint density at radius 2 is 2.23 bits per heavy atom. The van der Waals surface area contributed by atoms with Crippen LogP contribution in [0.15, 0.2) is 30.6 Å². The third-order valence-electron chi connectivity index (χ3n) is 1.69. The van der Waals surface area contributed by atoms with Crippen molar-refractivity contribution in [1.29, 1.82) is 0 Å². The minimum atomic E-state index is -0.419. The highest BCUT2D eigenvalue weighted by Crippen LogP contribution is 2.21. The van der Waals surface area contributed by atoms with Crippen molar-refractivity contribution in [3.63, 3.8) is 0 Å². The fourth-order valence-corrected chi connectivity index (χ4v) is 1.25. The first-order valence-electron chi connectivity index (χ1n) is 3.72. The number of nitrogens with zero attached hydrogens (tertiary/aromatic N) is 1. The van der Waals surface area contributed by atoms with Crippen LogP contribution in [0, 0.1) is 5.82 Å². The van der Waals surface area contributed by atoms with Gasteiger partial charge in [-0.15, -0.1) is 0 Å². The van der Waals surface area contributed by atoms with E-state index in [0.29, 0.717) is 5.82 Å². The molecule has 13 heavy (non-hydrogen) atoms. The summed E-state index contributed by atoms with van der Waals surface area (Å²) >= 11 is 5.61. The molecule has 0 saturated carbocycles. The van der Waals surface area contributed by atoms with Crippen LogP contribution in [0.2, 0.25) is 5.02 Å². The molecule has 1 aromatic carbocycles. The third-order valence-corrected chi connectivity index (χ3v) is 1.98. The second-order valence-corrected chi connectivity index (χ2v) is 2.97. The van der Waals surface area contributed by atoms with Crippen LogP contribution in [0.1, 0.15) is 0 Å². The molecular formula is C9H6ClFN2. The molecule has 2 aromatic rings. The molecule has 2 rings (SSSR count). The van der Waals surface area contributed by atoms with Gasteiger partial charge in [-0.05, 0) is 18.2 Å². The molecular weight excluding hydrogens is 191 g/mol. The molecule has 0 atom stereocenters. The summed E-state index contributed by atoms with van der Waals surface area (Å²) < 4.78 is 12.8. The summed E-state index contributed by atoms with van der Waals surface area (Å²) in [6.07, 6.45) is 3.33. The van der Waals surface area contributed by atoms with E-state index in [2.05, 4.69) is 9.97 Å². The molecule has 2 nitrogen and oxygen atoms in total. The topological polar surface area (TPSA) is 28.7 Å². The normalized spacial score (nSPS) is 10.3. The average Bonchev–Trinajstić information content (AvgIpc) is 2.62. The van der Waals surface area contributed by atoms with E-state index in [4.69, 9.17) is 11.6 Å². The fourth-order valence-electron chi connectivity index (χ4n) is 1.07. The number of hydrogen-bond donors (Lipinski definition) is 1. The molecule has 0 amide bonds. The molecule has 0 aliphatic heterocycles. The molecule has 0 radical (unpaired) electrons. The summed E-state index contributed by atoms with van der Waals surface area (Å²) in [7, 11) is 0. The third kappa shape index (κ3) is 1.55. The largest absolute Gasteiger partial charge is 0.345 e. The van der Waals surface area contributed by atoms with Crippen molar-refractivity contribution in [2.45, 2.75) is 0 Å². The molecule has 0 fully saturated rings. The smallest absolute Gasteiger partial charge is 0.141 e. The van der Waals surface area contributed by atoms with Crippen molar-refractivity contribution in [1.82, 2.24) is 9.97 Å². The van der Waals surface area contributed by atoms with Crippen LogP contribution in [0.5, 0.6) is 0 Å². The Morgan fingerprint density at radius 3 is 2.85 bits per heavy atom. The van der Waals surface area contributed by atoms with E-state index in [9.17, 15) is 4.39 Å². The Bertz CT molecular complexity index is 412. The Kier molecular flexibility index (Phi) is 2.02. The molecule has 1 aromatic heterocycles. The standard InChI is InChI=1S/C9H6ClFN2/c10-7-5-6(1-2-8(7)11)9-12-3-4-13-9/h1-5H,(H,12,13). The zero-order chi connectivity index (χ0) is 9.26. The van der Waals surface area contributed by atoms with Crippen LogP contribution in [-0.2, 0) is 0 Å². The minimum Gasteiger partial charge on any atom is -0.345 e. The number of aromatic nitrogens is 2. The number of halogens is 2. The second kappa shape index (κ2) is 3.18. The fraction of sp³-hybridized carbons (Fsp3) is 0. The van der Waals surface area contributed by atoms with Gasteiger partial charge in [0, 0.05) is 18.0 Å². The Labute approximate surface area is 79.4 Å². The van der Waals surface area contributed by atoms with Gasteiger partial charge in [0.2, 0.25) is 0 Å². The van der Waals surface area contributed by atoms with Gasteiger partial charge in [0.1, 0.15) is 11.6 Å². The molecule has 0 unspecified atom stereocenters. The molecule has 1 heterocycles. The predicted molar refractivity (Wildman–Crippen MR) is 49.0 cm³/mol. The van der Waals surface area contributed by atoms with Gasteiger partial charge >= 0.3 is 0 Å². The highest BCUT2D eigenvalue weighted by Gasteiger charge is 2.03. The summed E-state index contributed by atoms with van der Waals surface area (Å²) in [4.78, 5) is 6.93. The van der Waals surface area contributed by atoms with Crippen LogP contribution in [0.25, 0.3) is 11.4 Å². The summed E-state index contributed by atoms with van der Waals surface area (Å²) in [5, 5.41) is 0.105. The lowest BCUT2D eigenvalue weighted by Crippen LogP contribution is -1.82. The maximum Gasteiger partial charge on any atom is 0.141 e. The molecule has 0 saturated heterocycles. The van der Waals surface area contributed by atoms with E-state index in [1.807, 2.05) is 0 Å². The van der Waals surface area contributed by atoms with Crippen molar-refractivity contribution in [3.05, 3.63) is 41.4 Å². The number of rotatable bonds is 1. The lowest BCUT2D eigenvalue weighted by atomic mass is 10.2. The Hall–Kier alpha value is -1.35. The zero-order valence-electron chi connectivity index (χ0n) is 6.59. The van der Waals surface area contributed by atoms with Crippen LogP contribution >= 0.6 is 11.6 Å². The van der Waals surface area contributed by atoms with Crippen molar-refractivity contribution in [3.8, 4) is 11.4 Å². The zero-order valence-corrected chi connectivity index (χ0v) is 7.35. The van der Waals surface area contributed by atoms with Gasteiger partial charge in [0.05, 0.1) is 5.02 Å². The van der Waals surface area contributed by atoms with Crippen LogP contribution in [0.3, 0.4) is 0 Å². The number of hydrogen-bond acceptors (Lipinski definition) is 1. The van der Waals surface area contributed by atoms with E-state index in [-0.39, 0.29) is 5.02 Å². The number of benzene rings is 1. The SMILES string of the molecule is Fc1ccc(-c2ncc[nH]2)cc1Cl. The Morgan fingerprint density at radius 1 is 1.38 bits per heavy atom. The maximum absolute atomic E-state index is 12.8. The second-order valence-electron chi connectivity index (χ2n) is 2.57. The summed E-state index contributed by atoms with van der Waals surface area (Å²) in [6.45, 7) is 0. The molecule has 0 aliphatic carbocycles. The van der Waals surface area contributed by atoms with Gasteiger partial charge in [-0.2, -0.15) is 0 Å². The van der Waals surface area contributed by atoms with E-state index in [1.54, 1.807) is 18.5 Å². The van der Waals surface area contributed by atoms with Gasteiger partial charge in [-0.1, -0.05) is 11.6 Å². The Balaban J connectivity index is 2.49. The monoisotopic (exact) mass is 196 g/mol. The van der Waals surface area contributed by atoms with Gasteiger partial charge in [0.25, 0.3) is 0 Å². The lowest BCUT2D eigenvalue weighted by molar-refractivity contribution is 0.628. The molecule has 66 valence electrons. The molecule has 0 aliphatic rings. The maximum atomic E-state index is 12.8.